The topological polar surface area (TPSA) is 45.4 Å². The molecule has 20 heavy (non-hydrogen) atoms. The number of fused-ring (bicyclic) bond motifs is 1. The molecule has 1 aliphatic heterocycles. The van der Waals surface area contributed by atoms with Crippen molar-refractivity contribution in [1.29, 1.82) is 0 Å². The quantitative estimate of drug-likeness (QED) is 0.869. The van der Waals surface area contributed by atoms with Crippen LogP contribution >= 0.6 is 0 Å². The Bertz CT molecular complexity index is 610. The molecule has 1 aromatic carbocycles. The smallest absolute Gasteiger partial charge is 0.0446 e. The van der Waals surface area contributed by atoms with Gasteiger partial charge >= 0.3 is 0 Å². The van der Waals surface area contributed by atoms with Crippen LogP contribution in [0.25, 0.3) is 10.8 Å². The molecule has 2 aromatic rings. The highest BCUT2D eigenvalue weighted by Crippen LogP contribution is 2.30. The van der Waals surface area contributed by atoms with Crippen molar-refractivity contribution in [2.24, 2.45) is 5.92 Å². The van der Waals surface area contributed by atoms with E-state index in [2.05, 4.69) is 41.0 Å². The second-order valence-electron chi connectivity index (χ2n) is 5.89. The average Bonchev–Trinajstić information content (AvgIpc) is 2.84. The number of hydrogen-bond acceptors (Lipinski definition) is 4. The Balaban J connectivity index is 1.88. The lowest BCUT2D eigenvalue weighted by Crippen LogP contribution is -2.27. The minimum Gasteiger partial charge on any atom is -0.398 e. The molecule has 4 heteroatoms. The lowest BCUT2D eigenvalue weighted by molar-refractivity contribution is 0.396. The largest absolute Gasteiger partial charge is 0.398 e. The molecule has 0 radical (unpaired) electrons. The standard InChI is InChI=1S/C16H22N4/c1-19-8-6-12(10-19)11-20(2)16-4-3-15(17)14-9-18-7-5-13(14)16/h3-5,7,9,12H,6,8,10-11,17H2,1-2H3. The first-order chi connectivity index (χ1) is 9.65. The van der Waals surface area contributed by atoms with Crippen LogP contribution in [0.5, 0.6) is 0 Å². The summed E-state index contributed by atoms with van der Waals surface area (Å²) in [6, 6.07) is 6.16. The monoisotopic (exact) mass is 270 g/mol. The number of nitrogen functional groups attached to an aromatic ring is 1. The highest BCUT2D eigenvalue weighted by molar-refractivity contribution is 6.00. The maximum absolute atomic E-state index is 6.04. The Hall–Kier alpha value is -1.81. The number of pyridine rings is 1. The first-order valence-corrected chi connectivity index (χ1v) is 7.17. The zero-order chi connectivity index (χ0) is 14.1. The Kier molecular flexibility index (Phi) is 3.49. The SMILES string of the molecule is CN1CCC(CN(C)c2ccc(N)c3cnccc23)C1. The number of aromatic nitrogens is 1. The van der Waals surface area contributed by atoms with E-state index in [4.69, 9.17) is 5.73 Å². The third-order valence-corrected chi connectivity index (χ3v) is 4.26. The molecule has 0 bridgehead atoms. The number of benzene rings is 1. The molecular weight excluding hydrogens is 248 g/mol. The summed E-state index contributed by atoms with van der Waals surface area (Å²) < 4.78 is 0. The molecule has 4 nitrogen and oxygen atoms in total. The first-order valence-electron chi connectivity index (χ1n) is 7.17. The number of likely N-dealkylation sites (tertiary alicyclic amines) is 1. The van der Waals surface area contributed by atoms with Crippen molar-refractivity contribution in [2.75, 3.05) is 44.4 Å². The molecule has 3 rings (SSSR count). The lowest BCUT2D eigenvalue weighted by Gasteiger charge is -2.25. The van der Waals surface area contributed by atoms with Crippen LogP contribution in [0, 0.1) is 5.92 Å². The van der Waals surface area contributed by atoms with Gasteiger partial charge in [0.25, 0.3) is 0 Å². The molecule has 1 atom stereocenters. The second-order valence-corrected chi connectivity index (χ2v) is 5.89. The number of hydrogen-bond donors (Lipinski definition) is 1. The third-order valence-electron chi connectivity index (χ3n) is 4.26. The molecule has 1 saturated heterocycles. The molecular formula is C16H22N4. The Morgan fingerprint density at radius 1 is 1.35 bits per heavy atom. The van der Waals surface area contributed by atoms with E-state index in [1.165, 1.54) is 30.6 Å². The predicted octanol–water partition coefficient (Wildman–Crippen LogP) is 2.20. The fraction of sp³-hybridized carbons (Fsp3) is 0.438. The van der Waals surface area contributed by atoms with Crippen LogP contribution < -0.4 is 10.6 Å². The molecule has 0 spiro atoms. The molecule has 0 amide bonds. The van der Waals surface area contributed by atoms with Gasteiger partial charge in [-0.2, -0.15) is 0 Å². The minimum atomic E-state index is 0.749. The van der Waals surface area contributed by atoms with Gasteiger partial charge in [-0.15, -0.1) is 0 Å². The maximum Gasteiger partial charge on any atom is 0.0446 e. The molecule has 1 aromatic heterocycles. The van der Waals surface area contributed by atoms with Crippen molar-refractivity contribution >= 4 is 22.1 Å². The highest BCUT2D eigenvalue weighted by Gasteiger charge is 2.21. The lowest BCUT2D eigenvalue weighted by atomic mass is 10.1. The molecule has 1 unspecified atom stereocenters. The summed E-state index contributed by atoms with van der Waals surface area (Å²) in [5, 5.41) is 2.23. The van der Waals surface area contributed by atoms with Gasteiger partial charge in [0.2, 0.25) is 0 Å². The maximum atomic E-state index is 6.04. The predicted molar refractivity (Wildman–Crippen MR) is 85.0 cm³/mol. The summed E-state index contributed by atoms with van der Waals surface area (Å²) >= 11 is 0. The third kappa shape index (κ3) is 2.43. The zero-order valence-electron chi connectivity index (χ0n) is 12.2. The molecule has 0 saturated carbocycles. The zero-order valence-corrected chi connectivity index (χ0v) is 12.2. The van der Waals surface area contributed by atoms with Crippen LogP contribution in [-0.4, -0.2) is 43.6 Å². The van der Waals surface area contributed by atoms with Crippen molar-refractivity contribution < 1.29 is 0 Å². The molecule has 0 aliphatic carbocycles. The molecule has 2 heterocycles. The van der Waals surface area contributed by atoms with E-state index in [0.717, 1.165) is 23.5 Å². The summed E-state index contributed by atoms with van der Waals surface area (Å²) in [6.07, 6.45) is 4.98. The second kappa shape index (κ2) is 5.29. The Morgan fingerprint density at radius 2 is 2.20 bits per heavy atom. The van der Waals surface area contributed by atoms with E-state index in [9.17, 15) is 0 Å². The first kappa shape index (κ1) is 13.2. The number of rotatable bonds is 3. The van der Waals surface area contributed by atoms with Crippen LogP contribution in [-0.2, 0) is 0 Å². The van der Waals surface area contributed by atoms with Crippen LogP contribution in [0.3, 0.4) is 0 Å². The van der Waals surface area contributed by atoms with E-state index in [1.807, 2.05) is 18.5 Å². The van der Waals surface area contributed by atoms with Crippen LogP contribution in [0.4, 0.5) is 11.4 Å². The van der Waals surface area contributed by atoms with Gasteiger partial charge in [-0.05, 0) is 44.1 Å². The molecule has 1 aliphatic rings. The van der Waals surface area contributed by atoms with E-state index in [1.54, 1.807) is 0 Å². The van der Waals surface area contributed by atoms with Gasteiger partial charge in [0.1, 0.15) is 0 Å². The van der Waals surface area contributed by atoms with Gasteiger partial charge in [0.05, 0.1) is 0 Å². The summed E-state index contributed by atoms with van der Waals surface area (Å²) in [7, 11) is 4.37. The number of anilines is 2. The fourth-order valence-corrected chi connectivity index (χ4v) is 3.19. The van der Waals surface area contributed by atoms with E-state index in [-0.39, 0.29) is 0 Å². The molecule has 1 fully saturated rings. The van der Waals surface area contributed by atoms with Gasteiger partial charge < -0.3 is 15.5 Å². The Labute approximate surface area is 120 Å². The number of nitrogens with zero attached hydrogens (tertiary/aromatic N) is 3. The van der Waals surface area contributed by atoms with Gasteiger partial charge in [-0.25, -0.2) is 0 Å². The van der Waals surface area contributed by atoms with E-state index >= 15 is 0 Å². The normalized spacial score (nSPS) is 19.6. The van der Waals surface area contributed by atoms with Crippen molar-refractivity contribution in [2.45, 2.75) is 6.42 Å². The fourth-order valence-electron chi connectivity index (χ4n) is 3.19. The summed E-state index contributed by atoms with van der Waals surface area (Å²) in [6.45, 7) is 3.50. The highest BCUT2D eigenvalue weighted by atomic mass is 15.2. The van der Waals surface area contributed by atoms with Crippen molar-refractivity contribution in [3.05, 3.63) is 30.6 Å². The van der Waals surface area contributed by atoms with Gasteiger partial charge in [-0.1, -0.05) is 0 Å². The minimum absolute atomic E-state index is 0.749. The van der Waals surface area contributed by atoms with Crippen LogP contribution in [0.2, 0.25) is 0 Å². The number of nitrogens with two attached hydrogens (primary N) is 1. The molecule has 2 N–H and O–H groups in total. The van der Waals surface area contributed by atoms with E-state index in [0.29, 0.717) is 0 Å². The molecule has 106 valence electrons. The van der Waals surface area contributed by atoms with Crippen LogP contribution in [0.1, 0.15) is 6.42 Å². The van der Waals surface area contributed by atoms with Gasteiger partial charge in [0, 0.05) is 54.7 Å². The Morgan fingerprint density at radius 3 is 2.95 bits per heavy atom. The average molecular weight is 270 g/mol. The van der Waals surface area contributed by atoms with Crippen molar-refractivity contribution in [1.82, 2.24) is 9.88 Å². The van der Waals surface area contributed by atoms with Gasteiger partial charge in [0.15, 0.2) is 0 Å². The van der Waals surface area contributed by atoms with Crippen LogP contribution in [0.15, 0.2) is 30.6 Å². The summed E-state index contributed by atoms with van der Waals surface area (Å²) in [4.78, 5) is 8.94. The van der Waals surface area contributed by atoms with Gasteiger partial charge in [-0.3, -0.25) is 4.98 Å². The van der Waals surface area contributed by atoms with E-state index < -0.39 is 0 Å². The van der Waals surface area contributed by atoms with Crippen molar-refractivity contribution in [3.8, 4) is 0 Å². The van der Waals surface area contributed by atoms with Crippen molar-refractivity contribution in [3.63, 3.8) is 0 Å². The summed E-state index contributed by atoms with van der Waals surface area (Å²) in [5.41, 5.74) is 8.08. The summed E-state index contributed by atoms with van der Waals surface area (Å²) in [5.74, 6) is 0.749.